The van der Waals surface area contributed by atoms with E-state index in [1.807, 2.05) is 0 Å². The number of imide groups is 1. The van der Waals surface area contributed by atoms with E-state index < -0.39 is 4.92 Å². The van der Waals surface area contributed by atoms with Gasteiger partial charge in [0.25, 0.3) is 5.69 Å². The van der Waals surface area contributed by atoms with Gasteiger partial charge in [-0.15, -0.1) is 0 Å². The van der Waals surface area contributed by atoms with E-state index in [9.17, 15) is 19.7 Å². The van der Waals surface area contributed by atoms with Crippen molar-refractivity contribution in [2.75, 3.05) is 5.43 Å². The number of nitro benzene ring substituents is 1. The Labute approximate surface area is 113 Å². The zero-order valence-electron chi connectivity index (χ0n) is 10.4. The fourth-order valence-electron chi connectivity index (χ4n) is 2.54. The summed E-state index contributed by atoms with van der Waals surface area (Å²) in [7, 11) is 0. The summed E-state index contributed by atoms with van der Waals surface area (Å²) in [5, 5.41) is 10.8. The van der Waals surface area contributed by atoms with Crippen LogP contribution >= 0.6 is 0 Å². The summed E-state index contributed by atoms with van der Waals surface area (Å²) in [4.78, 5) is 35.2. The first kappa shape index (κ1) is 12.5. The second kappa shape index (κ2) is 4.27. The van der Waals surface area contributed by atoms with Crippen molar-refractivity contribution in [3.05, 3.63) is 33.9 Å². The molecule has 2 aliphatic rings. The minimum absolute atomic E-state index is 0.00583. The number of carbonyl (C=O) groups is 2. The molecule has 20 heavy (non-hydrogen) atoms. The minimum Gasteiger partial charge on any atom is -0.324 e. The number of nitrogens with one attached hydrogen (secondary N) is 1. The molecule has 0 radical (unpaired) electrons. The van der Waals surface area contributed by atoms with Crippen LogP contribution in [0.5, 0.6) is 0 Å². The summed E-state index contributed by atoms with van der Waals surface area (Å²) in [6.45, 7) is 0.00583. The third kappa shape index (κ3) is 1.81. The summed E-state index contributed by atoms with van der Waals surface area (Å²) in [6.07, 6.45) is 0.630. The Kier molecular flexibility index (Phi) is 2.68. The van der Waals surface area contributed by atoms with E-state index in [0.717, 1.165) is 4.90 Å². The van der Waals surface area contributed by atoms with Crippen molar-refractivity contribution >= 4 is 23.2 Å². The highest BCUT2D eigenvalue weighted by Gasteiger charge is 2.58. The number of nitrogens with two attached hydrogens (primary N) is 1. The van der Waals surface area contributed by atoms with Gasteiger partial charge < -0.3 is 5.43 Å². The van der Waals surface area contributed by atoms with Gasteiger partial charge in [-0.3, -0.25) is 30.4 Å². The molecule has 2 atom stereocenters. The Balaban J connectivity index is 1.89. The Morgan fingerprint density at radius 1 is 1.35 bits per heavy atom. The molecule has 3 N–H and O–H groups in total. The average molecular weight is 276 g/mol. The molecule has 1 aliphatic heterocycles. The SMILES string of the molecule is NNc1ccc([N+](=O)[O-])cc1CN1C(=O)C2CC2C1=O. The molecule has 1 saturated carbocycles. The molecule has 8 heteroatoms. The maximum atomic E-state index is 11.9. The van der Waals surface area contributed by atoms with Crippen LogP contribution < -0.4 is 11.3 Å². The number of hydrogen-bond acceptors (Lipinski definition) is 6. The van der Waals surface area contributed by atoms with Crippen molar-refractivity contribution in [2.24, 2.45) is 17.7 Å². The zero-order valence-corrected chi connectivity index (χ0v) is 10.4. The Bertz CT molecular complexity index is 610. The predicted octanol–water partition coefficient (Wildman–Crippen LogP) is 0.385. The molecular formula is C12H12N4O4. The predicted molar refractivity (Wildman–Crippen MR) is 68.1 cm³/mol. The Hall–Kier alpha value is -2.48. The molecule has 3 rings (SSSR count). The first-order valence-electron chi connectivity index (χ1n) is 6.12. The van der Waals surface area contributed by atoms with Crippen molar-refractivity contribution in [1.29, 1.82) is 0 Å². The summed E-state index contributed by atoms with van der Waals surface area (Å²) < 4.78 is 0. The zero-order chi connectivity index (χ0) is 14.4. The highest BCUT2D eigenvalue weighted by molar-refractivity contribution is 6.08. The number of likely N-dealkylation sites (tertiary alicyclic amines) is 1. The van der Waals surface area contributed by atoms with Crippen molar-refractivity contribution in [3.63, 3.8) is 0 Å². The number of piperidine rings is 1. The summed E-state index contributed by atoms with van der Waals surface area (Å²) in [5.74, 6) is 4.58. The molecule has 2 fully saturated rings. The van der Waals surface area contributed by atoms with Gasteiger partial charge in [0.1, 0.15) is 0 Å². The van der Waals surface area contributed by atoms with E-state index in [0.29, 0.717) is 17.7 Å². The number of nitrogen functional groups attached to an aromatic ring is 1. The highest BCUT2D eigenvalue weighted by atomic mass is 16.6. The van der Waals surface area contributed by atoms with Crippen LogP contribution in [0.1, 0.15) is 12.0 Å². The van der Waals surface area contributed by atoms with E-state index >= 15 is 0 Å². The third-order valence-electron chi connectivity index (χ3n) is 3.74. The number of anilines is 1. The van der Waals surface area contributed by atoms with Crippen molar-refractivity contribution in [2.45, 2.75) is 13.0 Å². The Morgan fingerprint density at radius 2 is 2.00 bits per heavy atom. The number of amides is 2. The third-order valence-corrected chi connectivity index (χ3v) is 3.74. The average Bonchev–Trinajstić information content (AvgIpc) is 3.19. The molecule has 1 aliphatic carbocycles. The van der Waals surface area contributed by atoms with Crippen LogP contribution in [-0.4, -0.2) is 21.6 Å². The maximum absolute atomic E-state index is 11.9. The largest absolute Gasteiger partial charge is 0.324 e. The van der Waals surface area contributed by atoms with Crippen molar-refractivity contribution in [1.82, 2.24) is 4.90 Å². The lowest BCUT2D eigenvalue weighted by Gasteiger charge is -2.18. The van der Waals surface area contributed by atoms with Crippen molar-refractivity contribution < 1.29 is 14.5 Å². The van der Waals surface area contributed by atoms with Crippen molar-refractivity contribution in [3.8, 4) is 0 Å². The van der Waals surface area contributed by atoms with Crippen LogP contribution in [0.4, 0.5) is 11.4 Å². The number of hydrazine groups is 1. The smallest absolute Gasteiger partial charge is 0.269 e. The molecule has 104 valence electrons. The molecule has 8 nitrogen and oxygen atoms in total. The second-order valence-corrected chi connectivity index (χ2v) is 4.95. The van der Waals surface area contributed by atoms with Crippen LogP contribution in [0.2, 0.25) is 0 Å². The standard InChI is InChI=1S/C12H12N4O4/c13-14-10-2-1-7(16(19)20)3-6(10)5-15-11(17)8-4-9(8)12(15)18/h1-3,8-9,14H,4-5,13H2. The lowest BCUT2D eigenvalue weighted by atomic mass is 10.1. The number of fused-ring (bicyclic) bond motifs is 1. The molecule has 2 amide bonds. The molecular weight excluding hydrogens is 264 g/mol. The number of carbonyl (C=O) groups excluding carboxylic acids is 2. The second-order valence-electron chi connectivity index (χ2n) is 4.95. The van der Waals surface area contributed by atoms with E-state index in [1.165, 1.54) is 18.2 Å². The van der Waals surface area contributed by atoms with Gasteiger partial charge in [0.15, 0.2) is 0 Å². The Morgan fingerprint density at radius 3 is 2.55 bits per heavy atom. The van der Waals surface area contributed by atoms with Crippen LogP contribution in [0.3, 0.4) is 0 Å². The van der Waals surface area contributed by atoms with Gasteiger partial charge in [0.05, 0.1) is 29.0 Å². The maximum Gasteiger partial charge on any atom is 0.269 e. The lowest BCUT2D eigenvalue weighted by molar-refractivity contribution is -0.384. The van der Waals surface area contributed by atoms with E-state index in [-0.39, 0.29) is 35.9 Å². The summed E-state index contributed by atoms with van der Waals surface area (Å²) in [6, 6.07) is 4.09. The van der Waals surface area contributed by atoms with Crippen LogP contribution in [0.15, 0.2) is 18.2 Å². The van der Waals surface area contributed by atoms with Gasteiger partial charge in [-0.1, -0.05) is 0 Å². The topological polar surface area (TPSA) is 119 Å². The molecule has 1 heterocycles. The van der Waals surface area contributed by atoms with E-state index in [4.69, 9.17) is 5.84 Å². The molecule has 2 unspecified atom stereocenters. The van der Waals surface area contributed by atoms with Gasteiger partial charge in [0, 0.05) is 17.7 Å². The molecule has 0 aromatic heterocycles. The fourth-order valence-corrected chi connectivity index (χ4v) is 2.54. The monoisotopic (exact) mass is 276 g/mol. The van der Waals surface area contributed by atoms with E-state index in [1.54, 1.807) is 0 Å². The molecule has 1 saturated heterocycles. The quantitative estimate of drug-likeness (QED) is 0.355. The number of nitro groups is 1. The van der Waals surface area contributed by atoms with Crippen LogP contribution in [0.25, 0.3) is 0 Å². The molecule has 0 bridgehead atoms. The van der Waals surface area contributed by atoms with Crippen LogP contribution in [0, 0.1) is 22.0 Å². The fraction of sp³-hybridized carbons (Fsp3) is 0.333. The van der Waals surface area contributed by atoms with Gasteiger partial charge in [-0.2, -0.15) is 0 Å². The number of rotatable bonds is 4. The number of hydrogen-bond donors (Lipinski definition) is 2. The van der Waals surface area contributed by atoms with Gasteiger partial charge >= 0.3 is 0 Å². The minimum atomic E-state index is -0.533. The van der Waals surface area contributed by atoms with Gasteiger partial charge in [0.2, 0.25) is 11.8 Å². The number of nitrogens with zero attached hydrogens (tertiary/aromatic N) is 2. The molecule has 1 aromatic rings. The molecule has 1 aromatic carbocycles. The summed E-state index contributed by atoms with van der Waals surface area (Å²) >= 11 is 0. The summed E-state index contributed by atoms with van der Waals surface area (Å²) in [5.41, 5.74) is 3.21. The van der Waals surface area contributed by atoms with Gasteiger partial charge in [-0.05, 0) is 12.5 Å². The number of benzene rings is 1. The first-order valence-corrected chi connectivity index (χ1v) is 6.12. The normalized spacial score (nSPS) is 23.8. The van der Waals surface area contributed by atoms with Crippen LogP contribution in [-0.2, 0) is 16.1 Å². The lowest BCUT2D eigenvalue weighted by Crippen LogP contribution is -2.32. The molecule has 0 spiro atoms. The van der Waals surface area contributed by atoms with Gasteiger partial charge in [-0.25, -0.2) is 0 Å². The highest BCUT2D eigenvalue weighted by Crippen LogP contribution is 2.47. The van der Waals surface area contributed by atoms with E-state index in [2.05, 4.69) is 5.43 Å². The first-order chi connectivity index (χ1) is 9.52. The number of non-ortho nitro benzene ring substituents is 1.